The molecule has 13 nitrogen and oxygen atoms in total. The van der Waals surface area contributed by atoms with E-state index in [1.165, 1.54) is 0 Å². The molecule has 2 aromatic heterocycles. The van der Waals surface area contributed by atoms with Crippen molar-refractivity contribution < 1.29 is 38.1 Å². The Morgan fingerprint density at radius 1 is 0.980 bits per heavy atom. The van der Waals surface area contributed by atoms with Crippen molar-refractivity contribution in [2.24, 2.45) is 0 Å². The minimum atomic E-state index is -2.13. The Balaban J connectivity index is 1.55. The number of rotatable bonds is 7. The molecular weight excluding hydrogens is 661 g/mol. The zero-order valence-corrected chi connectivity index (χ0v) is 31.4. The highest BCUT2D eigenvalue weighted by Crippen LogP contribution is 2.41. The Hall–Kier alpha value is -4.72. The number of hydrogen-bond acceptors (Lipinski definition) is 10. The van der Waals surface area contributed by atoms with Gasteiger partial charge in [0.05, 0.1) is 35.4 Å². The molecule has 269 valence electrons. The van der Waals surface area contributed by atoms with Crippen LogP contribution in [0.25, 0.3) is 22.3 Å². The van der Waals surface area contributed by atoms with Crippen molar-refractivity contribution in [1.29, 1.82) is 0 Å². The molecule has 0 bridgehead atoms. The SMILES string of the molecule is CC[C@@]1(OC(=O)CCNC(=O)OC(C)(C)C)C(=O)OCc2c1cc1n(c2=O)Cc2c-1nc1ccc(NC(=O)OC(C)(C)C)cc1c2[Si-](C)(C)C. The Morgan fingerprint density at radius 3 is 2.26 bits per heavy atom. The summed E-state index contributed by atoms with van der Waals surface area (Å²) >= 11 is 0. The van der Waals surface area contributed by atoms with Crippen LogP contribution in [0.15, 0.2) is 29.1 Å². The largest absolute Gasteiger partial charge is 0.457 e. The van der Waals surface area contributed by atoms with Gasteiger partial charge in [0.2, 0.25) is 5.60 Å². The van der Waals surface area contributed by atoms with E-state index in [1.54, 1.807) is 65.2 Å². The molecule has 2 aliphatic heterocycles. The standard InChI is InChI=1S/C36H46N4O9Si/c1-11-36(47-27(41)14-15-37-32(44)48-34(2,3)4)24-17-26-28-22(18-40(26)30(42)23(24)19-46-31(36)43)29(50(8,9)10)21-16-20(12-13-25(21)39-28)38-33(45)49-35(5,6)7/h12-13,16-17H,11,14-15,18-19H2,1-10H3,(H,37,44)(H,38,45)/q-1/t36-/m0/s1. The molecule has 3 aromatic rings. The van der Waals surface area contributed by atoms with Crippen LogP contribution in [0.1, 0.15) is 78.0 Å². The second-order valence-electron chi connectivity index (χ2n) is 15.6. The molecule has 2 amide bonds. The fourth-order valence-corrected chi connectivity index (χ4v) is 8.53. The lowest BCUT2D eigenvalue weighted by Crippen LogP contribution is -2.47. The number of carbonyl (C=O) groups excluding carboxylic acids is 4. The number of amides is 2. The predicted octanol–water partition coefficient (Wildman–Crippen LogP) is 5.44. The van der Waals surface area contributed by atoms with E-state index in [9.17, 15) is 24.0 Å². The number of nitrogens with zero attached hydrogens (tertiary/aromatic N) is 2. The number of nitrogens with one attached hydrogen (secondary N) is 2. The van der Waals surface area contributed by atoms with Gasteiger partial charge in [-0.15, -0.1) is 8.07 Å². The number of alkyl carbamates (subject to hydrolysis) is 1. The maximum absolute atomic E-state index is 14.2. The van der Waals surface area contributed by atoms with Gasteiger partial charge in [0.1, 0.15) is 17.8 Å². The molecular formula is C36H46N4O9Si-. The topological polar surface area (TPSA) is 164 Å². The summed E-state index contributed by atoms with van der Waals surface area (Å²) in [6.45, 7) is 18.8. The van der Waals surface area contributed by atoms with E-state index in [-0.39, 0.29) is 49.2 Å². The van der Waals surface area contributed by atoms with Crippen LogP contribution < -0.4 is 21.4 Å². The minimum absolute atomic E-state index is 0.0124. The number of esters is 2. The van der Waals surface area contributed by atoms with Gasteiger partial charge in [0, 0.05) is 17.8 Å². The van der Waals surface area contributed by atoms with E-state index in [1.807, 2.05) is 12.1 Å². The van der Waals surface area contributed by atoms with E-state index in [4.69, 9.17) is 23.9 Å². The van der Waals surface area contributed by atoms with Gasteiger partial charge in [-0.2, -0.15) is 24.8 Å². The van der Waals surface area contributed by atoms with E-state index >= 15 is 0 Å². The average molecular weight is 707 g/mol. The number of fused-ring (bicyclic) bond motifs is 5. The van der Waals surface area contributed by atoms with Gasteiger partial charge in [0.15, 0.2) is 0 Å². The third-order valence-electron chi connectivity index (χ3n) is 8.34. The Kier molecular flexibility index (Phi) is 9.41. The summed E-state index contributed by atoms with van der Waals surface area (Å²) in [6, 6.07) is 7.20. The first-order chi connectivity index (χ1) is 23.1. The second-order valence-corrected chi connectivity index (χ2v) is 20.6. The van der Waals surface area contributed by atoms with E-state index in [2.05, 4.69) is 30.3 Å². The molecule has 1 atom stereocenters. The van der Waals surface area contributed by atoms with Gasteiger partial charge in [-0.3, -0.25) is 14.9 Å². The molecule has 0 saturated carbocycles. The average Bonchev–Trinajstić information content (AvgIpc) is 3.33. The number of ether oxygens (including phenoxy) is 4. The molecule has 2 aliphatic rings. The van der Waals surface area contributed by atoms with Gasteiger partial charge in [-0.1, -0.05) is 6.92 Å². The number of benzene rings is 1. The van der Waals surface area contributed by atoms with Crippen molar-refractivity contribution in [2.45, 2.75) is 111 Å². The smallest absolute Gasteiger partial charge is 0.412 e. The maximum Gasteiger partial charge on any atom is 0.412 e. The van der Waals surface area contributed by atoms with Gasteiger partial charge in [-0.25, -0.2) is 19.4 Å². The first-order valence-electron chi connectivity index (χ1n) is 16.7. The Labute approximate surface area is 292 Å². The lowest BCUT2D eigenvalue weighted by atomic mass is 9.85. The van der Waals surface area contributed by atoms with E-state index < -0.39 is 49.0 Å². The maximum atomic E-state index is 14.2. The van der Waals surface area contributed by atoms with Crippen LogP contribution in [0.4, 0.5) is 15.3 Å². The lowest BCUT2D eigenvalue weighted by Gasteiger charge is -2.35. The fraction of sp³-hybridized carbons (Fsp3) is 0.500. The van der Waals surface area contributed by atoms with Crippen LogP contribution in [0.5, 0.6) is 0 Å². The summed E-state index contributed by atoms with van der Waals surface area (Å²) in [7, 11) is -2.13. The summed E-state index contributed by atoms with van der Waals surface area (Å²) in [5.41, 5.74) is 0.151. The number of pyridine rings is 2. The van der Waals surface area contributed by atoms with Crippen LogP contribution in [0.3, 0.4) is 0 Å². The quantitative estimate of drug-likeness (QED) is 0.144. The summed E-state index contributed by atoms with van der Waals surface area (Å²) < 4.78 is 23.6. The third kappa shape index (κ3) is 7.25. The summed E-state index contributed by atoms with van der Waals surface area (Å²) in [5, 5.41) is 7.29. The summed E-state index contributed by atoms with van der Waals surface area (Å²) in [5.74, 6) is -1.53. The summed E-state index contributed by atoms with van der Waals surface area (Å²) in [4.78, 5) is 70.4. The third-order valence-corrected chi connectivity index (χ3v) is 10.4. The number of anilines is 1. The molecule has 0 fully saturated rings. The van der Waals surface area contributed by atoms with E-state index in [0.29, 0.717) is 22.6 Å². The van der Waals surface area contributed by atoms with Crippen molar-refractivity contribution in [1.82, 2.24) is 14.9 Å². The normalized spacial score (nSPS) is 16.9. The molecule has 0 aliphatic carbocycles. The van der Waals surface area contributed by atoms with Crippen molar-refractivity contribution in [3.05, 3.63) is 51.3 Å². The molecule has 5 rings (SSSR count). The van der Waals surface area contributed by atoms with Crippen molar-refractivity contribution in [2.75, 3.05) is 11.9 Å². The van der Waals surface area contributed by atoms with Gasteiger partial charge in [-0.05, 0) is 83.2 Å². The highest BCUT2D eigenvalue weighted by Gasteiger charge is 2.50. The number of cyclic esters (lactones) is 1. The molecule has 0 radical (unpaired) electrons. The lowest BCUT2D eigenvalue weighted by molar-refractivity contribution is -0.189. The number of aromatic nitrogens is 2. The van der Waals surface area contributed by atoms with E-state index in [0.717, 1.165) is 16.1 Å². The zero-order chi connectivity index (χ0) is 37.0. The zero-order valence-electron chi connectivity index (χ0n) is 30.4. The monoisotopic (exact) mass is 706 g/mol. The molecule has 2 N–H and O–H groups in total. The van der Waals surface area contributed by atoms with Gasteiger partial charge in [0.25, 0.3) is 5.56 Å². The molecule has 0 spiro atoms. The Morgan fingerprint density at radius 2 is 1.64 bits per heavy atom. The van der Waals surface area contributed by atoms with Crippen LogP contribution >= 0.6 is 0 Å². The molecule has 50 heavy (non-hydrogen) atoms. The predicted molar refractivity (Wildman–Crippen MR) is 190 cm³/mol. The number of hydrogen-bond donors (Lipinski definition) is 2. The molecule has 0 unspecified atom stereocenters. The fourth-order valence-electron chi connectivity index (χ4n) is 6.42. The highest BCUT2D eigenvalue weighted by atomic mass is 28.3. The molecule has 0 saturated heterocycles. The van der Waals surface area contributed by atoms with Gasteiger partial charge < -0.3 is 28.8 Å². The molecule has 1 aromatic carbocycles. The van der Waals surface area contributed by atoms with Gasteiger partial charge >= 0.3 is 24.1 Å². The van der Waals surface area contributed by atoms with Crippen molar-refractivity contribution in [3.63, 3.8) is 0 Å². The molecule has 4 heterocycles. The molecule has 14 heteroatoms. The first kappa shape index (κ1) is 36.6. The minimum Gasteiger partial charge on any atom is -0.457 e. The summed E-state index contributed by atoms with van der Waals surface area (Å²) in [6.07, 6.45) is -1.48. The van der Waals surface area contributed by atoms with Crippen molar-refractivity contribution in [3.8, 4) is 11.4 Å². The van der Waals surface area contributed by atoms with Crippen LogP contribution in [0.2, 0.25) is 19.6 Å². The number of carbonyl (C=O) groups is 4. The van der Waals surface area contributed by atoms with Crippen LogP contribution in [0, 0.1) is 0 Å². The Bertz CT molecular complexity index is 1970. The van der Waals surface area contributed by atoms with Crippen molar-refractivity contribution >= 4 is 54.0 Å². The first-order valence-corrected chi connectivity index (χ1v) is 20.2. The highest BCUT2D eigenvalue weighted by molar-refractivity contribution is 6.90. The van der Waals surface area contributed by atoms with Crippen LogP contribution in [-0.2, 0) is 47.3 Å². The second kappa shape index (κ2) is 12.9. The van der Waals surface area contributed by atoms with Crippen LogP contribution in [-0.4, -0.2) is 59.5 Å².